The van der Waals surface area contributed by atoms with Crippen LogP contribution in [0.5, 0.6) is 0 Å². The molecule has 1 fully saturated rings. The summed E-state index contributed by atoms with van der Waals surface area (Å²) in [6.45, 7) is 1.87. The molecule has 3 heteroatoms. The van der Waals surface area contributed by atoms with Crippen molar-refractivity contribution in [2.45, 2.75) is 12.0 Å². The molecule has 0 bridgehead atoms. The molecule has 3 nitrogen and oxygen atoms in total. The summed E-state index contributed by atoms with van der Waals surface area (Å²) in [6, 6.07) is 8.18. The van der Waals surface area contributed by atoms with Crippen molar-refractivity contribution in [3.8, 4) is 0 Å². The molecule has 0 aromatic heterocycles. The number of hydrogen-bond donors (Lipinski definition) is 2. The van der Waals surface area contributed by atoms with Gasteiger partial charge in [-0.25, -0.2) is 0 Å². The van der Waals surface area contributed by atoms with Crippen LogP contribution in [0.2, 0.25) is 0 Å². The lowest BCUT2D eigenvalue weighted by Gasteiger charge is -2.27. The summed E-state index contributed by atoms with van der Waals surface area (Å²) in [7, 11) is 0. The first-order valence-electron chi connectivity index (χ1n) is 4.97. The third kappa shape index (κ3) is 0.990. The van der Waals surface area contributed by atoms with E-state index in [9.17, 15) is 4.79 Å². The van der Waals surface area contributed by atoms with Gasteiger partial charge in [-0.3, -0.25) is 4.79 Å². The van der Waals surface area contributed by atoms with E-state index in [0.29, 0.717) is 5.92 Å². The molecular formula is C11H12N2O. The lowest BCUT2D eigenvalue weighted by molar-refractivity contribution is 0.0924. The quantitative estimate of drug-likeness (QED) is 0.622. The molecule has 0 saturated carbocycles. The Bertz CT molecular complexity index is 389. The second-order valence-electron chi connectivity index (χ2n) is 3.93. The number of carbonyl (C=O) groups is 1. The van der Waals surface area contributed by atoms with Gasteiger partial charge in [-0.1, -0.05) is 18.2 Å². The van der Waals surface area contributed by atoms with Gasteiger partial charge in [-0.15, -0.1) is 0 Å². The maximum absolute atomic E-state index is 11.7. The molecule has 2 atom stereocenters. The van der Waals surface area contributed by atoms with Crippen molar-refractivity contribution in [2.24, 2.45) is 0 Å². The van der Waals surface area contributed by atoms with Crippen LogP contribution < -0.4 is 10.6 Å². The molecule has 0 radical (unpaired) electrons. The molecule has 0 spiro atoms. The average Bonchev–Trinajstić information content (AvgIpc) is 2.66. The lowest BCUT2D eigenvalue weighted by atomic mass is 9.86. The molecule has 0 aliphatic carbocycles. The number of amides is 1. The van der Waals surface area contributed by atoms with Crippen molar-refractivity contribution < 1.29 is 4.79 Å². The van der Waals surface area contributed by atoms with E-state index in [0.717, 1.165) is 18.7 Å². The Morgan fingerprint density at radius 2 is 2.07 bits per heavy atom. The molecule has 2 N–H and O–H groups in total. The van der Waals surface area contributed by atoms with Gasteiger partial charge < -0.3 is 10.6 Å². The highest BCUT2D eigenvalue weighted by Gasteiger charge is 2.36. The zero-order chi connectivity index (χ0) is 9.54. The van der Waals surface area contributed by atoms with E-state index in [1.54, 1.807) is 0 Å². The van der Waals surface area contributed by atoms with Crippen LogP contribution in [0.3, 0.4) is 0 Å². The molecule has 1 aromatic rings. The van der Waals surface area contributed by atoms with E-state index in [-0.39, 0.29) is 11.9 Å². The summed E-state index contributed by atoms with van der Waals surface area (Å²) >= 11 is 0. The molecule has 2 aliphatic rings. The van der Waals surface area contributed by atoms with E-state index in [1.165, 1.54) is 5.56 Å². The predicted octanol–water partition coefficient (Wildman–Crippen LogP) is 0.485. The highest BCUT2D eigenvalue weighted by atomic mass is 16.1. The fourth-order valence-electron chi connectivity index (χ4n) is 2.43. The molecule has 0 unspecified atom stereocenters. The SMILES string of the molecule is O=C1N[C@H]2CNC[C@@H]2c2ccccc21. The lowest BCUT2D eigenvalue weighted by Crippen LogP contribution is -2.44. The van der Waals surface area contributed by atoms with Crippen LogP contribution in [0.25, 0.3) is 0 Å². The Morgan fingerprint density at radius 1 is 1.21 bits per heavy atom. The van der Waals surface area contributed by atoms with E-state index >= 15 is 0 Å². The summed E-state index contributed by atoms with van der Waals surface area (Å²) in [4.78, 5) is 11.7. The topological polar surface area (TPSA) is 41.1 Å². The van der Waals surface area contributed by atoms with Crippen molar-refractivity contribution in [2.75, 3.05) is 13.1 Å². The number of carbonyl (C=O) groups excluding carboxylic acids is 1. The van der Waals surface area contributed by atoms with Gasteiger partial charge in [0, 0.05) is 30.6 Å². The normalized spacial score (nSPS) is 29.3. The van der Waals surface area contributed by atoms with Crippen molar-refractivity contribution in [3.63, 3.8) is 0 Å². The second kappa shape index (κ2) is 2.82. The van der Waals surface area contributed by atoms with E-state index in [1.807, 2.05) is 18.2 Å². The zero-order valence-corrected chi connectivity index (χ0v) is 7.79. The Labute approximate surface area is 82.5 Å². The molecule has 72 valence electrons. The summed E-state index contributed by atoms with van der Waals surface area (Å²) < 4.78 is 0. The fraction of sp³-hybridized carbons (Fsp3) is 0.364. The number of nitrogens with one attached hydrogen (secondary N) is 2. The molecular weight excluding hydrogens is 176 g/mol. The number of benzene rings is 1. The van der Waals surface area contributed by atoms with E-state index < -0.39 is 0 Å². The van der Waals surface area contributed by atoms with Gasteiger partial charge in [0.2, 0.25) is 0 Å². The van der Waals surface area contributed by atoms with Crippen LogP contribution in [-0.4, -0.2) is 25.0 Å². The molecule has 14 heavy (non-hydrogen) atoms. The highest BCUT2D eigenvalue weighted by molar-refractivity contribution is 5.97. The molecule has 2 heterocycles. The Hall–Kier alpha value is -1.35. The Kier molecular flexibility index (Phi) is 1.61. The van der Waals surface area contributed by atoms with Gasteiger partial charge in [0.25, 0.3) is 5.91 Å². The maximum atomic E-state index is 11.7. The van der Waals surface area contributed by atoms with E-state index in [2.05, 4.69) is 16.7 Å². The predicted molar refractivity (Wildman–Crippen MR) is 53.3 cm³/mol. The molecule has 1 aromatic carbocycles. The number of rotatable bonds is 0. The van der Waals surface area contributed by atoms with Crippen LogP contribution in [0, 0.1) is 0 Å². The third-order valence-corrected chi connectivity index (χ3v) is 3.14. The van der Waals surface area contributed by atoms with Crippen LogP contribution >= 0.6 is 0 Å². The zero-order valence-electron chi connectivity index (χ0n) is 7.79. The Morgan fingerprint density at radius 3 is 3.00 bits per heavy atom. The van der Waals surface area contributed by atoms with Crippen molar-refractivity contribution >= 4 is 5.91 Å². The largest absolute Gasteiger partial charge is 0.347 e. The van der Waals surface area contributed by atoms with Crippen LogP contribution in [-0.2, 0) is 0 Å². The fourth-order valence-corrected chi connectivity index (χ4v) is 2.43. The van der Waals surface area contributed by atoms with Gasteiger partial charge in [-0.2, -0.15) is 0 Å². The molecule has 1 amide bonds. The van der Waals surface area contributed by atoms with Gasteiger partial charge in [0.15, 0.2) is 0 Å². The van der Waals surface area contributed by atoms with Crippen LogP contribution in [0.1, 0.15) is 21.8 Å². The summed E-state index contributed by atoms with van der Waals surface area (Å²) in [5, 5.41) is 6.34. The third-order valence-electron chi connectivity index (χ3n) is 3.14. The summed E-state index contributed by atoms with van der Waals surface area (Å²) in [5.41, 5.74) is 2.05. The van der Waals surface area contributed by atoms with Gasteiger partial charge in [0.1, 0.15) is 0 Å². The van der Waals surface area contributed by atoms with Crippen molar-refractivity contribution in [1.29, 1.82) is 0 Å². The van der Waals surface area contributed by atoms with Gasteiger partial charge in [0.05, 0.1) is 0 Å². The van der Waals surface area contributed by atoms with Crippen LogP contribution in [0.4, 0.5) is 0 Å². The summed E-state index contributed by atoms with van der Waals surface area (Å²) in [5.74, 6) is 0.537. The molecule has 3 rings (SSSR count). The van der Waals surface area contributed by atoms with Crippen molar-refractivity contribution in [3.05, 3.63) is 35.4 Å². The smallest absolute Gasteiger partial charge is 0.251 e. The second-order valence-corrected chi connectivity index (χ2v) is 3.93. The first-order chi connectivity index (χ1) is 6.86. The maximum Gasteiger partial charge on any atom is 0.251 e. The van der Waals surface area contributed by atoms with Crippen molar-refractivity contribution in [1.82, 2.24) is 10.6 Å². The minimum Gasteiger partial charge on any atom is -0.347 e. The monoisotopic (exact) mass is 188 g/mol. The number of hydrogen-bond acceptors (Lipinski definition) is 2. The first kappa shape index (κ1) is 8.00. The van der Waals surface area contributed by atoms with E-state index in [4.69, 9.17) is 0 Å². The number of fused-ring (bicyclic) bond motifs is 3. The minimum absolute atomic E-state index is 0.0746. The average molecular weight is 188 g/mol. The Balaban J connectivity index is 2.13. The van der Waals surface area contributed by atoms with Crippen LogP contribution in [0.15, 0.2) is 24.3 Å². The minimum atomic E-state index is 0.0746. The standard InChI is InChI=1S/C11H12N2O/c14-11-8-4-2-1-3-7(8)9-5-12-6-10(9)13-11/h1-4,9-10,12H,5-6H2,(H,13,14)/t9-,10+/m1/s1. The summed E-state index contributed by atoms with van der Waals surface area (Å²) in [6.07, 6.45) is 0. The highest BCUT2D eigenvalue weighted by Crippen LogP contribution is 2.29. The molecule has 2 aliphatic heterocycles. The first-order valence-corrected chi connectivity index (χ1v) is 4.97. The molecule has 1 saturated heterocycles. The van der Waals surface area contributed by atoms with Gasteiger partial charge in [-0.05, 0) is 11.6 Å². The van der Waals surface area contributed by atoms with Gasteiger partial charge >= 0.3 is 0 Å².